The monoisotopic (exact) mass is 387 g/mol. The Morgan fingerprint density at radius 2 is 1.93 bits per heavy atom. The molecule has 0 fully saturated rings. The van der Waals surface area contributed by atoms with E-state index >= 15 is 0 Å². The maximum absolute atomic E-state index is 5.82. The number of ether oxygens (including phenoxy) is 2. The van der Waals surface area contributed by atoms with Gasteiger partial charge in [0.1, 0.15) is 5.75 Å². The summed E-state index contributed by atoms with van der Waals surface area (Å²) in [4.78, 5) is 2.54. The van der Waals surface area contributed by atoms with E-state index in [4.69, 9.17) is 15.2 Å². The molecule has 3 nitrogen and oxygen atoms in total. The maximum atomic E-state index is 5.82. The standard InChI is InChI=1S/C24H21NO2S/c25-8-4-9-26-15-19-14-22-21-12-17-6-3-10-27-23(17)13-18(21)11-16-5-1-2-7-20(16)24(22)28-19/h1-3,5-7,10-14H,4,8-9,15,25H2. The number of allylic oxidation sites excluding steroid dienone is 1. The van der Waals surface area contributed by atoms with Gasteiger partial charge in [-0.1, -0.05) is 24.3 Å². The molecular weight excluding hydrogens is 366 g/mol. The van der Waals surface area contributed by atoms with E-state index in [1.54, 1.807) is 6.26 Å². The van der Waals surface area contributed by atoms with Crippen LogP contribution >= 0.6 is 11.3 Å². The van der Waals surface area contributed by atoms with Crippen molar-refractivity contribution < 1.29 is 9.47 Å². The van der Waals surface area contributed by atoms with Gasteiger partial charge in [0.15, 0.2) is 0 Å². The molecule has 0 radical (unpaired) electrons. The van der Waals surface area contributed by atoms with Crippen molar-refractivity contribution in [1.29, 1.82) is 0 Å². The maximum Gasteiger partial charge on any atom is 0.134 e. The van der Waals surface area contributed by atoms with Gasteiger partial charge < -0.3 is 15.2 Å². The van der Waals surface area contributed by atoms with Crippen molar-refractivity contribution in [2.75, 3.05) is 13.2 Å². The second kappa shape index (κ2) is 7.40. The third kappa shape index (κ3) is 3.10. The Labute approximate surface area is 168 Å². The summed E-state index contributed by atoms with van der Waals surface area (Å²) in [6.07, 6.45) is 8.92. The fraction of sp³-hybridized carbons (Fsp3) is 0.167. The average Bonchev–Trinajstić information content (AvgIpc) is 3.10. The average molecular weight is 388 g/mol. The SMILES string of the molecule is NCCCOCc1cc2c(s1)-c1ccccc1C=c1cc3c(cc1-2)=CC=CO3. The summed E-state index contributed by atoms with van der Waals surface area (Å²) in [6.45, 7) is 1.99. The molecule has 140 valence electrons. The van der Waals surface area contributed by atoms with E-state index in [-0.39, 0.29) is 0 Å². The normalized spacial score (nSPS) is 13.2. The van der Waals surface area contributed by atoms with Gasteiger partial charge >= 0.3 is 0 Å². The summed E-state index contributed by atoms with van der Waals surface area (Å²) < 4.78 is 11.6. The van der Waals surface area contributed by atoms with Crippen LogP contribution in [-0.2, 0) is 11.3 Å². The van der Waals surface area contributed by atoms with Crippen molar-refractivity contribution in [3.63, 3.8) is 0 Å². The van der Waals surface area contributed by atoms with Gasteiger partial charge in [0, 0.05) is 27.1 Å². The van der Waals surface area contributed by atoms with E-state index < -0.39 is 0 Å². The van der Waals surface area contributed by atoms with Crippen LogP contribution in [0.1, 0.15) is 16.9 Å². The second-order valence-electron chi connectivity index (χ2n) is 6.97. The van der Waals surface area contributed by atoms with Crippen LogP contribution in [0.5, 0.6) is 5.75 Å². The minimum atomic E-state index is 0.627. The Kier molecular flexibility index (Phi) is 4.61. The summed E-state index contributed by atoms with van der Waals surface area (Å²) in [5.41, 5.74) is 10.6. The number of thiophene rings is 1. The lowest BCUT2D eigenvalue weighted by Gasteiger charge is -2.09. The Hall–Kier alpha value is -2.66. The van der Waals surface area contributed by atoms with E-state index in [1.165, 1.54) is 37.2 Å². The minimum Gasteiger partial charge on any atom is -0.464 e. The summed E-state index contributed by atoms with van der Waals surface area (Å²) in [5.74, 6) is 0.902. The van der Waals surface area contributed by atoms with Crippen molar-refractivity contribution in [2.24, 2.45) is 5.73 Å². The molecule has 0 saturated heterocycles. The number of nitrogens with two attached hydrogens (primary N) is 1. The summed E-state index contributed by atoms with van der Waals surface area (Å²) in [7, 11) is 0. The largest absolute Gasteiger partial charge is 0.464 e. The topological polar surface area (TPSA) is 44.5 Å². The number of rotatable bonds is 5. The first-order chi connectivity index (χ1) is 13.8. The lowest BCUT2D eigenvalue weighted by Crippen LogP contribution is -2.16. The van der Waals surface area contributed by atoms with Crippen molar-refractivity contribution >= 4 is 23.5 Å². The summed E-state index contributed by atoms with van der Waals surface area (Å²) >= 11 is 1.82. The third-order valence-electron chi connectivity index (χ3n) is 5.06. The quantitative estimate of drug-likeness (QED) is 0.530. The second-order valence-corrected chi connectivity index (χ2v) is 8.11. The van der Waals surface area contributed by atoms with Gasteiger partial charge in [0.25, 0.3) is 0 Å². The molecule has 3 aromatic rings. The molecule has 2 aliphatic rings. The zero-order chi connectivity index (χ0) is 18.9. The van der Waals surface area contributed by atoms with Crippen molar-refractivity contribution in [2.45, 2.75) is 13.0 Å². The first-order valence-electron chi connectivity index (χ1n) is 9.53. The van der Waals surface area contributed by atoms with Gasteiger partial charge in [0.2, 0.25) is 0 Å². The molecule has 0 saturated carbocycles. The van der Waals surface area contributed by atoms with Gasteiger partial charge in [-0.25, -0.2) is 0 Å². The predicted octanol–water partition coefficient (Wildman–Crippen LogP) is 3.78. The molecule has 0 unspecified atom stereocenters. The van der Waals surface area contributed by atoms with Gasteiger partial charge in [-0.2, -0.15) is 0 Å². The van der Waals surface area contributed by atoms with Crippen molar-refractivity contribution in [3.05, 3.63) is 75.7 Å². The molecule has 0 spiro atoms. The predicted molar refractivity (Wildman–Crippen MR) is 116 cm³/mol. The fourth-order valence-electron chi connectivity index (χ4n) is 3.72. The van der Waals surface area contributed by atoms with Crippen LogP contribution in [-0.4, -0.2) is 13.2 Å². The Balaban J connectivity index is 1.68. The van der Waals surface area contributed by atoms with Gasteiger partial charge in [0.05, 0.1) is 12.9 Å². The van der Waals surface area contributed by atoms with E-state index in [2.05, 4.69) is 54.6 Å². The van der Waals surface area contributed by atoms with Gasteiger partial charge in [-0.3, -0.25) is 0 Å². The molecular formula is C24H21NO2S. The smallest absolute Gasteiger partial charge is 0.134 e. The van der Waals surface area contributed by atoms with Crippen LogP contribution in [0, 0.1) is 0 Å². The molecule has 2 N–H and O–H groups in total. The Bertz CT molecular complexity index is 1190. The number of benzene rings is 2. The first kappa shape index (κ1) is 17.4. The molecule has 0 bridgehead atoms. The number of hydrogen-bond donors (Lipinski definition) is 1. The van der Waals surface area contributed by atoms with E-state index in [1.807, 2.05) is 17.4 Å². The lowest BCUT2D eigenvalue weighted by atomic mass is 10.0. The summed E-state index contributed by atoms with van der Waals surface area (Å²) in [5, 5.41) is 2.29. The van der Waals surface area contributed by atoms with Gasteiger partial charge in [-0.05, 0) is 71.3 Å². The molecule has 0 amide bonds. The van der Waals surface area contributed by atoms with Crippen LogP contribution in [0.4, 0.5) is 0 Å². The minimum absolute atomic E-state index is 0.627. The zero-order valence-corrected chi connectivity index (χ0v) is 16.3. The molecule has 1 aliphatic heterocycles. The van der Waals surface area contributed by atoms with Crippen LogP contribution in [0.3, 0.4) is 0 Å². The molecule has 0 atom stereocenters. The van der Waals surface area contributed by atoms with E-state index in [0.29, 0.717) is 19.8 Å². The van der Waals surface area contributed by atoms with Crippen LogP contribution < -0.4 is 20.9 Å². The molecule has 2 aromatic carbocycles. The molecule has 1 aliphatic carbocycles. The molecule has 28 heavy (non-hydrogen) atoms. The first-order valence-corrected chi connectivity index (χ1v) is 10.3. The molecule has 5 rings (SSSR count). The number of hydrogen-bond acceptors (Lipinski definition) is 4. The van der Waals surface area contributed by atoms with E-state index in [0.717, 1.165) is 17.4 Å². The van der Waals surface area contributed by atoms with Crippen LogP contribution in [0.25, 0.3) is 33.7 Å². The van der Waals surface area contributed by atoms with Crippen molar-refractivity contribution in [3.8, 4) is 27.3 Å². The summed E-state index contributed by atoms with van der Waals surface area (Å²) in [6, 6.07) is 15.2. The van der Waals surface area contributed by atoms with Crippen LogP contribution in [0.15, 0.2) is 54.8 Å². The molecule has 1 aromatic heterocycles. The third-order valence-corrected chi connectivity index (χ3v) is 6.20. The van der Waals surface area contributed by atoms with Crippen LogP contribution in [0.2, 0.25) is 0 Å². The highest BCUT2D eigenvalue weighted by molar-refractivity contribution is 7.16. The highest BCUT2D eigenvalue weighted by atomic mass is 32.1. The number of fused-ring (bicyclic) bond motifs is 6. The molecule has 4 heteroatoms. The fourth-order valence-corrected chi connectivity index (χ4v) is 4.88. The van der Waals surface area contributed by atoms with Gasteiger partial charge in [-0.15, -0.1) is 11.3 Å². The highest BCUT2D eigenvalue weighted by Crippen LogP contribution is 2.41. The zero-order valence-electron chi connectivity index (χ0n) is 15.5. The Morgan fingerprint density at radius 1 is 1.00 bits per heavy atom. The molecule has 2 heterocycles. The Morgan fingerprint density at radius 3 is 2.86 bits per heavy atom. The lowest BCUT2D eigenvalue weighted by molar-refractivity contribution is 0.122. The van der Waals surface area contributed by atoms with Crippen molar-refractivity contribution in [1.82, 2.24) is 0 Å². The highest BCUT2D eigenvalue weighted by Gasteiger charge is 2.19. The van der Waals surface area contributed by atoms with E-state index in [9.17, 15) is 0 Å².